The van der Waals surface area contributed by atoms with Gasteiger partial charge in [-0.15, -0.1) is 0 Å². The van der Waals surface area contributed by atoms with Crippen molar-refractivity contribution in [1.82, 2.24) is 19.9 Å². The van der Waals surface area contributed by atoms with E-state index in [1.54, 1.807) is 6.07 Å². The summed E-state index contributed by atoms with van der Waals surface area (Å²) in [6.45, 7) is 1.53. The van der Waals surface area contributed by atoms with Gasteiger partial charge in [-0.1, -0.05) is 11.3 Å². The van der Waals surface area contributed by atoms with Crippen LogP contribution in [0.3, 0.4) is 0 Å². The third-order valence-corrected chi connectivity index (χ3v) is 5.23. The Labute approximate surface area is 171 Å². The fourth-order valence-corrected chi connectivity index (χ4v) is 3.96. The van der Waals surface area contributed by atoms with Gasteiger partial charge in [-0.2, -0.15) is 0 Å². The molecule has 0 aliphatic carbocycles. The number of nitrogens with zero attached hydrogens (tertiary/aromatic N) is 3. The van der Waals surface area contributed by atoms with Gasteiger partial charge in [0.1, 0.15) is 17.4 Å². The van der Waals surface area contributed by atoms with Crippen molar-refractivity contribution in [2.24, 2.45) is 0 Å². The normalized spacial score (nSPS) is 11.0. The molecule has 3 N–H and O–H groups in total. The molecule has 8 nitrogen and oxygen atoms in total. The lowest BCUT2D eigenvalue weighted by molar-refractivity contribution is 0.256. The lowest BCUT2D eigenvalue weighted by atomic mass is 10.2. The van der Waals surface area contributed by atoms with E-state index in [4.69, 9.17) is 12.2 Å². The molecule has 0 aliphatic rings. The molecule has 0 atom stereocenters. The predicted molar refractivity (Wildman–Crippen MR) is 112 cm³/mol. The van der Waals surface area contributed by atoms with E-state index in [-0.39, 0.29) is 27.6 Å². The number of thiazole rings is 1. The molecule has 0 saturated carbocycles. The van der Waals surface area contributed by atoms with Crippen molar-refractivity contribution in [3.8, 4) is 5.75 Å². The molecular formula is C18H12FN5O3S2. The Morgan fingerprint density at radius 3 is 2.79 bits per heavy atom. The number of nitrogens with one attached hydrogen (secondary N) is 2. The molecular weight excluding hydrogens is 417 g/mol. The van der Waals surface area contributed by atoms with Crippen molar-refractivity contribution in [3.63, 3.8) is 0 Å². The first-order valence-corrected chi connectivity index (χ1v) is 9.45. The number of phenolic OH excluding ortho intramolecular Hbond substituents is 1. The van der Waals surface area contributed by atoms with Crippen LogP contribution >= 0.6 is 23.6 Å². The SMILES string of the molecule is Cc1nc2cc(F)ccc2c(=O)n1C(=S)NC(=O)Nc1nc2ccc(O)cc2s1. The highest BCUT2D eigenvalue weighted by molar-refractivity contribution is 7.80. The lowest BCUT2D eigenvalue weighted by Crippen LogP contribution is -2.42. The summed E-state index contributed by atoms with van der Waals surface area (Å²) < 4.78 is 15.1. The first-order chi connectivity index (χ1) is 13.8. The molecule has 29 heavy (non-hydrogen) atoms. The summed E-state index contributed by atoms with van der Waals surface area (Å²) in [5.41, 5.74) is 0.297. The molecule has 0 radical (unpaired) electrons. The van der Waals surface area contributed by atoms with Gasteiger partial charge in [0.05, 0.1) is 21.1 Å². The number of carbonyl (C=O) groups is 1. The zero-order valence-electron chi connectivity index (χ0n) is 14.8. The predicted octanol–water partition coefficient (Wildman–Crippen LogP) is 3.11. The smallest absolute Gasteiger partial charge is 0.327 e. The van der Waals surface area contributed by atoms with Gasteiger partial charge < -0.3 is 5.11 Å². The average molecular weight is 429 g/mol. The van der Waals surface area contributed by atoms with Crippen LogP contribution in [0.2, 0.25) is 0 Å². The Morgan fingerprint density at radius 2 is 2.00 bits per heavy atom. The summed E-state index contributed by atoms with van der Waals surface area (Å²) in [5.74, 6) is -0.212. The van der Waals surface area contributed by atoms with Crippen LogP contribution in [0.15, 0.2) is 41.2 Å². The number of anilines is 1. The van der Waals surface area contributed by atoms with E-state index in [1.165, 1.54) is 36.5 Å². The molecule has 2 heterocycles. The number of thiocarbonyl (C=S) groups is 1. The standard InChI is InChI=1S/C18H12FN5O3S2/c1-8-20-13-6-9(19)2-4-11(13)15(26)24(8)18(28)23-16(27)22-17-21-12-5-3-10(25)7-14(12)29-17/h2-7,25H,1H3,(H2,21,22,23,27,28). The molecule has 11 heteroatoms. The van der Waals surface area contributed by atoms with Crippen LogP contribution in [-0.4, -0.2) is 30.8 Å². The fourth-order valence-electron chi connectivity index (χ4n) is 2.76. The van der Waals surface area contributed by atoms with Gasteiger partial charge in [0.15, 0.2) is 10.2 Å². The Kier molecular flexibility index (Phi) is 4.68. The molecule has 2 aromatic carbocycles. The van der Waals surface area contributed by atoms with E-state index in [0.29, 0.717) is 15.3 Å². The van der Waals surface area contributed by atoms with Gasteiger partial charge in [0, 0.05) is 6.07 Å². The lowest BCUT2D eigenvalue weighted by Gasteiger charge is -2.12. The Bertz CT molecular complexity index is 1370. The highest BCUT2D eigenvalue weighted by Gasteiger charge is 2.15. The minimum atomic E-state index is -0.691. The summed E-state index contributed by atoms with van der Waals surface area (Å²) in [6, 6.07) is 7.59. The maximum atomic E-state index is 13.4. The summed E-state index contributed by atoms with van der Waals surface area (Å²) in [6.07, 6.45) is 0. The van der Waals surface area contributed by atoms with Crippen molar-refractivity contribution in [3.05, 3.63) is 58.4 Å². The van der Waals surface area contributed by atoms with Gasteiger partial charge in [0.2, 0.25) is 0 Å². The van der Waals surface area contributed by atoms with Crippen molar-refractivity contribution >= 4 is 60.9 Å². The van der Waals surface area contributed by atoms with Crippen LogP contribution in [0.25, 0.3) is 21.1 Å². The molecule has 146 valence electrons. The average Bonchev–Trinajstić information content (AvgIpc) is 3.02. The molecule has 4 aromatic rings. The number of aryl methyl sites for hydroxylation is 1. The zero-order chi connectivity index (χ0) is 20.7. The number of phenols is 1. The van der Waals surface area contributed by atoms with Crippen molar-refractivity contribution in [2.45, 2.75) is 6.92 Å². The first kappa shape index (κ1) is 18.9. The first-order valence-electron chi connectivity index (χ1n) is 8.22. The zero-order valence-corrected chi connectivity index (χ0v) is 16.4. The molecule has 4 rings (SSSR count). The van der Waals surface area contributed by atoms with Gasteiger partial charge in [-0.3, -0.25) is 15.4 Å². The summed E-state index contributed by atoms with van der Waals surface area (Å²) in [4.78, 5) is 33.4. The van der Waals surface area contributed by atoms with Gasteiger partial charge >= 0.3 is 6.03 Å². The van der Waals surface area contributed by atoms with Crippen LogP contribution < -0.4 is 16.2 Å². The van der Waals surface area contributed by atoms with E-state index >= 15 is 0 Å². The number of halogens is 1. The molecule has 0 spiro atoms. The molecule has 0 saturated heterocycles. The molecule has 0 bridgehead atoms. The highest BCUT2D eigenvalue weighted by Crippen LogP contribution is 2.28. The maximum Gasteiger partial charge on any atom is 0.327 e. The van der Waals surface area contributed by atoms with Crippen LogP contribution in [0.4, 0.5) is 14.3 Å². The number of amides is 2. The number of rotatable bonds is 1. The monoisotopic (exact) mass is 429 g/mol. The Balaban J connectivity index is 1.57. The number of fused-ring (bicyclic) bond motifs is 2. The number of aromatic nitrogens is 3. The third kappa shape index (κ3) is 3.65. The minimum absolute atomic E-state index is 0.0943. The second-order valence-corrected chi connectivity index (χ2v) is 7.43. The Morgan fingerprint density at radius 1 is 1.21 bits per heavy atom. The number of urea groups is 1. The van der Waals surface area contributed by atoms with E-state index < -0.39 is 17.4 Å². The molecule has 0 aliphatic heterocycles. The topological polar surface area (TPSA) is 109 Å². The minimum Gasteiger partial charge on any atom is -0.508 e. The summed E-state index contributed by atoms with van der Waals surface area (Å²) in [5, 5.41) is 14.7. The van der Waals surface area contributed by atoms with Crippen LogP contribution in [0, 0.1) is 12.7 Å². The Hall–Kier alpha value is -3.44. The summed E-state index contributed by atoms with van der Waals surface area (Å²) >= 11 is 6.35. The molecule has 2 amide bonds. The summed E-state index contributed by atoms with van der Waals surface area (Å²) in [7, 11) is 0. The number of carbonyl (C=O) groups excluding carboxylic acids is 1. The van der Waals surface area contributed by atoms with E-state index in [2.05, 4.69) is 20.6 Å². The maximum absolute atomic E-state index is 13.4. The number of aromatic hydroxyl groups is 1. The second-order valence-electron chi connectivity index (χ2n) is 6.02. The van der Waals surface area contributed by atoms with Gasteiger partial charge in [-0.25, -0.2) is 23.7 Å². The van der Waals surface area contributed by atoms with Crippen LogP contribution in [0.1, 0.15) is 5.82 Å². The quantitative estimate of drug-likeness (QED) is 0.401. The third-order valence-electron chi connectivity index (χ3n) is 4.02. The molecule has 2 aromatic heterocycles. The van der Waals surface area contributed by atoms with Crippen molar-refractivity contribution < 1.29 is 14.3 Å². The van der Waals surface area contributed by atoms with Crippen molar-refractivity contribution in [2.75, 3.05) is 5.32 Å². The highest BCUT2D eigenvalue weighted by atomic mass is 32.1. The number of hydrogen-bond acceptors (Lipinski definition) is 7. The van der Waals surface area contributed by atoms with Crippen LogP contribution in [-0.2, 0) is 0 Å². The van der Waals surface area contributed by atoms with E-state index in [9.17, 15) is 19.1 Å². The molecule has 0 fully saturated rings. The van der Waals surface area contributed by atoms with Crippen LogP contribution in [0.5, 0.6) is 5.75 Å². The van der Waals surface area contributed by atoms with E-state index in [0.717, 1.165) is 16.7 Å². The van der Waals surface area contributed by atoms with Gasteiger partial charge in [0.25, 0.3) is 5.56 Å². The van der Waals surface area contributed by atoms with Gasteiger partial charge in [-0.05, 0) is 49.5 Å². The fraction of sp³-hybridized carbons (Fsp3) is 0.0556. The number of benzene rings is 2. The molecule has 0 unspecified atom stereocenters. The van der Waals surface area contributed by atoms with Crippen molar-refractivity contribution in [1.29, 1.82) is 0 Å². The largest absolute Gasteiger partial charge is 0.508 e. The number of hydrogen-bond donors (Lipinski definition) is 3. The second kappa shape index (κ2) is 7.18. The van der Waals surface area contributed by atoms with E-state index in [1.807, 2.05) is 0 Å².